The molecule has 1 saturated carbocycles. The Morgan fingerprint density at radius 1 is 1.50 bits per heavy atom. The normalized spacial score (nSPS) is 21.0. The molecule has 1 amide bonds. The van der Waals surface area contributed by atoms with Crippen LogP contribution in [0.1, 0.15) is 19.3 Å². The number of hydrogen-bond acceptors (Lipinski definition) is 5. The van der Waals surface area contributed by atoms with E-state index in [4.69, 9.17) is 11.6 Å². The van der Waals surface area contributed by atoms with Gasteiger partial charge in [0.15, 0.2) is 0 Å². The highest BCUT2D eigenvalue weighted by atomic mass is 35.5. The first-order valence-corrected chi connectivity index (χ1v) is 7.75. The minimum Gasteiger partial charge on any atom is -0.364 e. The molecule has 2 heterocycles. The molecular weight excluding hydrogens is 308 g/mol. The van der Waals surface area contributed by atoms with E-state index in [9.17, 15) is 14.9 Å². The number of aromatic nitrogens is 1. The summed E-state index contributed by atoms with van der Waals surface area (Å²) in [7, 11) is 0. The van der Waals surface area contributed by atoms with Crippen LogP contribution in [-0.2, 0) is 4.79 Å². The largest absolute Gasteiger partial charge is 0.364 e. The molecule has 1 aliphatic carbocycles. The number of nitrogens with zero attached hydrogens (tertiary/aromatic N) is 3. The zero-order valence-corrected chi connectivity index (χ0v) is 12.8. The van der Waals surface area contributed by atoms with Crippen LogP contribution in [0, 0.1) is 22.0 Å². The Morgan fingerprint density at radius 2 is 2.27 bits per heavy atom. The molecular formula is C14H17ClN4O3. The van der Waals surface area contributed by atoms with E-state index < -0.39 is 4.92 Å². The molecule has 1 atom stereocenters. The SMILES string of the molecule is O=C(C1CC1)N1CC[C@@H](CNc2ncc(Cl)cc2[N+](=O)[O-])C1. The summed E-state index contributed by atoms with van der Waals surface area (Å²) in [6, 6.07) is 1.29. The Morgan fingerprint density at radius 3 is 2.95 bits per heavy atom. The maximum atomic E-state index is 12.0. The molecule has 118 valence electrons. The Balaban J connectivity index is 1.57. The third kappa shape index (κ3) is 3.30. The van der Waals surface area contributed by atoms with Crippen LogP contribution in [0.5, 0.6) is 0 Å². The summed E-state index contributed by atoms with van der Waals surface area (Å²) in [6.07, 6.45) is 4.32. The van der Waals surface area contributed by atoms with E-state index in [1.165, 1.54) is 12.3 Å². The van der Waals surface area contributed by atoms with Gasteiger partial charge in [-0.25, -0.2) is 4.98 Å². The molecule has 0 bridgehead atoms. The van der Waals surface area contributed by atoms with E-state index in [1.807, 2.05) is 4.90 Å². The zero-order valence-electron chi connectivity index (χ0n) is 12.0. The molecule has 3 rings (SSSR count). The Labute approximate surface area is 132 Å². The van der Waals surface area contributed by atoms with Gasteiger partial charge < -0.3 is 10.2 Å². The van der Waals surface area contributed by atoms with Gasteiger partial charge in [0.1, 0.15) is 0 Å². The second-order valence-corrected chi connectivity index (χ2v) is 6.31. The van der Waals surface area contributed by atoms with Crippen molar-refractivity contribution >= 4 is 29.0 Å². The lowest BCUT2D eigenvalue weighted by Gasteiger charge is -2.16. The number of halogens is 1. The van der Waals surface area contributed by atoms with Gasteiger partial charge >= 0.3 is 5.69 Å². The van der Waals surface area contributed by atoms with Crippen molar-refractivity contribution < 1.29 is 9.72 Å². The summed E-state index contributed by atoms with van der Waals surface area (Å²) in [5, 5.41) is 14.3. The first-order chi connectivity index (χ1) is 10.5. The molecule has 7 nitrogen and oxygen atoms in total. The highest BCUT2D eigenvalue weighted by molar-refractivity contribution is 6.30. The molecule has 0 radical (unpaired) electrons. The van der Waals surface area contributed by atoms with Crippen molar-refractivity contribution in [1.82, 2.24) is 9.88 Å². The molecule has 1 aliphatic heterocycles. The van der Waals surface area contributed by atoms with Crippen molar-refractivity contribution in [3.63, 3.8) is 0 Å². The Bertz CT molecular complexity index is 606. The molecule has 8 heteroatoms. The lowest BCUT2D eigenvalue weighted by Crippen LogP contribution is -2.30. The van der Waals surface area contributed by atoms with Crippen molar-refractivity contribution in [3.05, 3.63) is 27.4 Å². The van der Waals surface area contributed by atoms with E-state index >= 15 is 0 Å². The molecule has 2 fully saturated rings. The number of nitro groups is 1. The number of amides is 1. The highest BCUT2D eigenvalue weighted by Gasteiger charge is 2.36. The standard InChI is InChI=1S/C14H17ClN4O3/c15-11-5-12(19(21)22)13(17-7-11)16-6-9-3-4-18(8-9)14(20)10-1-2-10/h5,7,9-10H,1-4,6,8H2,(H,16,17)/t9-/m0/s1. The number of hydrogen-bond donors (Lipinski definition) is 1. The van der Waals surface area contributed by atoms with Crippen LogP contribution < -0.4 is 5.32 Å². The van der Waals surface area contributed by atoms with Crippen molar-refractivity contribution in [1.29, 1.82) is 0 Å². The average molecular weight is 325 g/mol. The van der Waals surface area contributed by atoms with Crippen LogP contribution in [0.25, 0.3) is 0 Å². The van der Waals surface area contributed by atoms with E-state index in [1.54, 1.807) is 0 Å². The van der Waals surface area contributed by atoms with Gasteiger partial charge in [-0.2, -0.15) is 0 Å². The van der Waals surface area contributed by atoms with E-state index in [2.05, 4.69) is 10.3 Å². The molecule has 1 aromatic heterocycles. The fraction of sp³-hybridized carbons (Fsp3) is 0.571. The molecule has 0 spiro atoms. The summed E-state index contributed by atoms with van der Waals surface area (Å²) >= 11 is 5.74. The lowest BCUT2D eigenvalue weighted by atomic mass is 10.1. The summed E-state index contributed by atoms with van der Waals surface area (Å²) in [5.41, 5.74) is -0.128. The van der Waals surface area contributed by atoms with Crippen molar-refractivity contribution in [2.24, 2.45) is 11.8 Å². The molecule has 2 aliphatic rings. The summed E-state index contributed by atoms with van der Waals surface area (Å²) in [4.78, 5) is 28.4. The number of anilines is 1. The number of pyridine rings is 1. The predicted molar refractivity (Wildman–Crippen MR) is 81.8 cm³/mol. The van der Waals surface area contributed by atoms with Gasteiger partial charge in [-0.15, -0.1) is 0 Å². The zero-order chi connectivity index (χ0) is 15.7. The first kappa shape index (κ1) is 15.0. The number of carbonyl (C=O) groups excluding carboxylic acids is 1. The highest BCUT2D eigenvalue weighted by Crippen LogP contribution is 2.33. The van der Waals surface area contributed by atoms with Gasteiger partial charge in [0.05, 0.1) is 9.95 Å². The van der Waals surface area contributed by atoms with E-state index in [0.29, 0.717) is 19.0 Å². The van der Waals surface area contributed by atoms with Gasteiger partial charge in [0.2, 0.25) is 11.7 Å². The quantitative estimate of drug-likeness (QED) is 0.663. The van der Waals surface area contributed by atoms with Crippen molar-refractivity contribution in [3.8, 4) is 0 Å². The number of carbonyl (C=O) groups is 1. The van der Waals surface area contributed by atoms with Gasteiger partial charge in [0.25, 0.3) is 0 Å². The number of rotatable bonds is 5. The summed E-state index contributed by atoms with van der Waals surface area (Å²) < 4.78 is 0. The van der Waals surface area contributed by atoms with Crippen LogP contribution in [0.15, 0.2) is 12.3 Å². The van der Waals surface area contributed by atoms with Crippen molar-refractivity contribution in [2.45, 2.75) is 19.3 Å². The number of likely N-dealkylation sites (tertiary alicyclic amines) is 1. The predicted octanol–water partition coefficient (Wildman–Crippen LogP) is 2.31. The second-order valence-electron chi connectivity index (χ2n) is 5.87. The van der Waals surface area contributed by atoms with E-state index in [0.717, 1.165) is 25.8 Å². The minimum atomic E-state index is -0.501. The molecule has 0 aromatic carbocycles. The fourth-order valence-electron chi connectivity index (χ4n) is 2.73. The lowest BCUT2D eigenvalue weighted by molar-refractivity contribution is -0.384. The third-order valence-corrected chi connectivity index (χ3v) is 4.32. The van der Waals surface area contributed by atoms with Crippen molar-refractivity contribution in [2.75, 3.05) is 25.0 Å². The van der Waals surface area contributed by atoms with Crippen LogP contribution in [-0.4, -0.2) is 40.3 Å². The smallest absolute Gasteiger partial charge is 0.312 e. The van der Waals surface area contributed by atoms with Crippen LogP contribution in [0.4, 0.5) is 11.5 Å². The molecule has 1 N–H and O–H groups in total. The maximum absolute atomic E-state index is 12.0. The topological polar surface area (TPSA) is 88.4 Å². The van der Waals surface area contributed by atoms with Gasteiger partial charge in [-0.1, -0.05) is 11.6 Å². The second kappa shape index (κ2) is 6.08. The van der Waals surface area contributed by atoms with Crippen LogP contribution >= 0.6 is 11.6 Å². The Kier molecular flexibility index (Phi) is 4.15. The molecule has 22 heavy (non-hydrogen) atoms. The molecule has 0 unspecified atom stereocenters. The summed E-state index contributed by atoms with van der Waals surface area (Å²) in [6.45, 7) is 2.05. The van der Waals surface area contributed by atoms with Gasteiger partial charge in [-0.05, 0) is 25.2 Å². The average Bonchev–Trinajstić information content (AvgIpc) is 3.23. The third-order valence-electron chi connectivity index (χ3n) is 4.11. The molecule has 1 aromatic rings. The maximum Gasteiger partial charge on any atom is 0.312 e. The molecule has 1 saturated heterocycles. The van der Waals surface area contributed by atoms with Gasteiger partial charge in [-0.3, -0.25) is 14.9 Å². The monoisotopic (exact) mass is 324 g/mol. The van der Waals surface area contributed by atoms with E-state index in [-0.39, 0.29) is 28.4 Å². The number of nitrogens with one attached hydrogen (secondary N) is 1. The fourth-order valence-corrected chi connectivity index (χ4v) is 2.89. The Hall–Kier alpha value is -1.89. The minimum absolute atomic E-state index is 0.128. The van der Waals surface area contributed by atoms with Crippen LogP contribution in [0.3, 0.4) is 0 Å². The first-order valence-electron chi connectivity index (χ1n) is 7.37. The van der Waals surface area contributed by atoms with Gasteiger partial charge in [0, 0.05) is 37.8 Å². The summed E-state index contributed by atoms with van der Waals surface area (Å²) in [5.74, 6) is 1.02. The van der Waals surface area contributed by atoms with Crippen LogP contribution in [0.2, 0.25) is 5.02 Å².